The third kappa shape index (κ3) is 1.51. The Labute approximate surface area is 91.2 Å². The van der Waals surface area contributed by atoms with Crippen molar-refractivity contribution >= 4 is 27.5 Å². The quantitative estimate of drug-likeness (QED) is 0.744. The minimum absolute atomic E-state index is 0.0433. The standard InChI is InChI=1S/C10H10BrClO/c11-9-4-2-1-3-8(9)10(5-12)6-13-7-10/h1-4H,5-7H2. The van der Waals surface area contributed by atoms with Gasteiger partial charge in [0.15, 0.2) is 0 Å². The van der Waals surface area contributed by atoms with Crippen LogP contribution in [-0.4, -0.2) is 19.1 Å². The summed E-state index contributed by atoms with van der Waals surface area (Å²) in [6.45, 7) is 1.47. The highest BCUT2D eigenvalue weighted by molar-refractivity contribution is 9.10. The fraction of sp³-hybridized carbons (Fsp3) is 0.400. The molecule has 0 bridgehead atoms. The van der Waals surface area contributed by atoms with Gasteiger partial charge < -0.3 is 4.74 Å². The average Bonchev–Trinajstić information content (AvgIpc) is 2.07. The predicted octanol–water partition coefficient (Wildman–Crippen LogP) is 2.96. The van der Waals surface area contributed by atoms with Crippen LogP contribution in [0.1, 0.15) is 5.56 Å². The third-order valence-electron chi connectivity index (χ3n) is 2.46. The van der Waals surface area contributed by atoms with Crippen molar-refractivity contribution in [1.82, 2.24) is 0 Å². The first-order chi connectivity index (χ1) is 6.28. The number of hydrogen-bond donors (Lipinski definition) is 0. The number of rotatable bonds is 2. The molecule has 3 heteroatoms. The highest BCUT2D eigenvalue weighted by Gasteiger charge is 2.40. The molecule has 1 aliphatic heterocycles. The molecule has 13 heavy (non-hydrogen) atoms. The maximum absolute atomic E-state index is 5.97. The Kier molecular flexibility index (Phi) is 2.63. The van der Waals surface area contributed by atoms with Gasteiger partial charge in [-0.3, -0.25) is 0 Å². The monoisotopic (exact) mass is 260 g/mol. The van der Waals surface area contributed by atoms with Crippen LogP contribution >= 0.6 is 27.5 Å². The number of benzene rings is 1. The zero-order valence-electron chi connectivity index (χ0n) is 7.09. The molecule has 70 valence electrons. The topological polar surface area (TPSA) is 9.23 Å². The van der Waals surface area contributed by atoms with E-state index in [1.54, 1.807) is 0 Å². The van der Waals surface area contributed by atoms with E-state index in [-0.39, 0.29) is 5.41 Å². The van der Waals surface area contributed by atoms with E-state index in [2.05, 4.69) is 22.0 Å². The van der Waals surface area contributed by atoms with Crippen molar-refractivity contribution in [3.63, 3.8) is 0 Å². The van der Waals surface area contributed by atoms with Crippen LogP contribution in [0, 0.1) is 0 Å². The van der Waals surface area contributed by atoms with E-state index in [9.17, 15) is 0 Å². The van der Waals surface area contributed by atoms with Gasteiger partial charge in [0.25, 0.3) is 0 Å². The van der Waals surface area contributed by atoms with Gasteiger partial charge in [-0.15, -0.1) is 11.6 Å². The molecule has 1 aromatic rings. The molecular weight excluding hydrogens is 251 g/mol. The minimum atomic E-state index is 0.0433. The van der Waals surface area contributed by atoms with Gasteiger partial charge in [0.1, 0.15) is 0 Å². The van der Waals surface area contributed by atoms with Crippen LogP contribution in [0.4, 0.5) is 0 Å². The normalized spacial score (nSPS) is 19.5. The van der Waals surface area contributed by atoms with E-state index in [0.717, 1.165) is 17.7 Å². The Balaban J connectivity index is 2.38. The Morgan fingerprint density at radius 1 is 1.38 bits per heavy atom. The van der Waals surface area contributed by atoms with Gasteiger partial charge in [0.2, 0.25) is 0 Å². The third-order valence-corrected chi connectivity index (χ3v) is 3.66. The number of alkyl halides is 1. The maximum atomic E-state index is 5.97. The summed E-state index contributed by atoms with van der Waals surface area (Å²) < 4.78 is 6.36. The highest BCUT2D eigenvalue weighted by Crippen LogP contribution is 2.37. The van der Waals surface area contributed by atoms with Crippen molar-refractivity contribution in [2.45, 2.75) is 5.41 Å². The zero-order valence-corrected chi connectivity index (χ0v) is 9.44. The molecule has 0 aromatic heterocycles. The SMILES string of the molecule is ClCC1(c2ccccc2Br)COC1. The summed E-state index contributed by atoms with van der Waals surface area (Å²) in [5, 5.41) is 0. The van der Waals surface area contributed by atoms with Crippen LogP contribution in [0.15, 0.2) is 28.7 Å². The second-order valence-electron chi connectivity index (χ2n) is 3.39. The molecule has 0 saturated carbocycles. The molecule has 1 aromatic carbocycles. The van der Waals surface area contributed by atoms with Gasteiger partial charge in [-0.25, -0.2) is 0 Å². The molecule has 1 fully saturated rings. The van der Waals surface area contributed by atoms with E-state index in [4.69, 9.17) is 16.3 Å². The maximum Gasteiger partial charge on any atom is 0.0597 e. The fourth-order valence-electron chi connectivity index (χ4n) is 1.54. The molecule has 1 aliphatic rings. The molecule has 0 atom stereocenters. The molecule has 0 amide bonds. The molecule has 0 aliphatic carbocycles. The van der Waals surface area contributed by atoms with Crippen LogP contribution in [0.2, 0.25) is 0 Å². The van der Waals surface area contributed by atoms with Gasteiger partial charge in [-0.1, -0.05) is 34.1 Å². The molecule has 0 unspecified atom stereocenters. The van der Waals surface area contributed by atoms with E-state index in [0.29, 0.717) is 5.88 Å². The number of halogens is 2. The van der Waals surface area contributed by atoms with Crippen molar-refractivity contribution in [1.29, 1.82) is 0 Å². The molecule has 1 saturated heterocycles. The van der Waals surface area contributed by atoms with Crippen LogP contribution < -0.4 is 0 Å². The summed E-state index contributed by atoms with van der Waals surface area (Å²) in [4.78, 5) is 0. The van der Waals surface area contributed by atoms with Gasteiger partial charge in [0.05, 0.1) is 18.6 Å². The smallest absolute Gasteiger partial charge is 0.0597 e. The van der Waals surface area contributed by atoms with Crippen molar-refractivity contribution < 1.29 is 4.74 Å². The fourth-order valence-corrected chi connectivity index (χ4v) is 2.55. The number of ether oxygens (including phenoxy) is 1. The second kappa shape index (κ2) is 3.60. The first-order valence-corrected chi connectivity index (χ1v) is 5.50. The lowest BCUT2D eigenvalue weighted by molar-refractivity contribution is -0.0483. The Hall–Kier alpha value is -0.0500. The second-order valence-corrected chi connectivity index (χ2v) is 4.51. The Morgan fingerprint density at radius 3 is 2.54 bits per heavy atom. The predicted molar refractivity (Wildman–Crippen MR) is 57.4 cm³/mol. The summed E-state index contributed by atoms with van der Waals surface area (Å²) in [5.74, 6) is 0.621. The number of hydrogen-bond acceptors (Lipinski definition) is 1. The lowest BCUT2D eigenvalue weighted by Gasteiger charge is -2.40. The van der Waals surface area contributed by atoms with Crippen molar-refractivity contribution in [2.75, 3.05) is 19.1 Å². The first kappa shape index (κ1) is 9.50. The summed E-state index contributed by atoms with van der Waals surface area (Å²) in [5.41, 5.74) is 1.30. The van der Waals surface area contributed by atoms with Crippen LogP contribution in [0.3, 0.4) is 0 Å². The summed E-state index contributed by atoms with van der Waals surface area (Å²) in [6, 6.07) is 8.19. The van der Waals surface area contributed by atoms with E-state index >= 15 is 0 Å². The molecular formula is C10H10BrClO. The molecule has 1 heterocycles. The first-order valence-electron chi connectivity index (χ1n) is 4.17. The molecule has 0 N–H and O–H groups in total. The lowest BCUT2D eigenvalue weighted by Crippen LogP contribution is -2.48. The molecule has 1 nitrogen and oxygen atoms in total. The van der Waals surface area contributed by atoms with Crippen LogP contribution in [-0.2, 0) is 10.2 Å². The van der Waals surface area contributed by atoms with Gasteiger partial charge in [0, 0.05) is 10.4 Å². The molecule has 0 spiro atoms. The van der Waals surface area contributed by atoms with E-state index in [1.165, 1.54) is 5.56 Å². The summed E-state index contributed by atoms with van der Waals surface area (Å²) in [7, 11) is 0. The van der Waals surface area contributed by atoms with Gasteiger partial charge in [-0.2, -0.15) is 0 Å². The van der Waals surface area contributed by atoms with Gasteiger partial charge >= 0.3 is 0 Å². The minimum Gasteiger partial charge on any atom is -0.379 e. The summed E-state index contributed by atoms with van der Waals surface area (Å²) >= 11 is 9.50. The largest absolute Gasteiger partial charge is 0.379 e. The van der Waals surface area contributed by atoms with E-state index in [1.807, 2.05) is 18.2 Å². The van der Waals surface area contributed by atoms with Crippen LogP contribution in [0.25, 0.3) is 0 Å². The summed E-state index contributed by atoms with van der Waals surface area (Å²) in [6.07, 6.45) is 0. The molecule has 2 rings (SSSR count). The van der Waals surface area contributed by atoms with Crippen molar-refractivity contribution in [3.8, 4) is 0 Å². The van der Waals surface area contributed by atoms with Gasteiger partial charge in [-0.05, 0) is 11.6 Å². The average molecular weight is 262 g/mol. The molecule has 0 radical (unpaired) electrons. The van der Waals surface area contributed by atoms with Crippen molar-refractivity contribution in [2.24, 2.45) is 0 Å². The lowest BCUT2D eigenvalue weighted by atomic mass is 9.81. The Bertz CT molecular complexity index is 304. The Morgan fingerprint density at radius 2 is 2.08 bits per heavy atom. The van der Waals surface area contributed by atoms with Crippen LogP contribution in [0.5, 0.6) is 0 Å². The van der Waals surface area contributed by atoms with Crippen molar-refractivity contribution in [3.05, 3.63) is 34.3 Å². The van der Waals surface area contributed by atoms with E-state index < -0.39 is 0 Å². The highest BCUT2D eigenvalue weighted by atomic mass is 79.9. The zero-order chi connectivity index (χ0) is 9.31.